The van der Waals surface area contributed by atoms with Crippen LogP contribution in [0.15, 0.2) is 24.3 Å². The first kappa shape index (κ1) is 14.4. The normalized spacial score (nSPS) is 21.4. The molecule has 4 heteroatoms. The summed E-state index contributed by atoms with van der Waals surface area (Å²) in [6, 6.07) is 8.14. The Morgan fingerprint density at radius 3 is 2.52 bits per heavy atom. The summed E-state index contributed by atoms with van der Waals surface area (Å²) in [5.41, 5.74) is 7.16. The number of rotatable bonds is 2. The summed E-state index contributed by atoms with van der Waals surface area (Å²) >= 11 is 0. The SMILES string of the molecule is Nc1ccccc1C(=O)N1CCCN(C2CCCC2)CC1. The summed E-state index contributed by atoms with van der Waals surface area (Å²) < 4.78 is 0. The van der Waals surface area contributed by atoms with Crippen molar-refractivity contribution < 1.29 is 4.79 Å². The van der Waals surface area contributed by atoms with Gasteiger partial charge in [-0.15, -0.1) is 0 Å². The maximum absolute atomic E-state index is 12.6. The van der Waals surface area contributed by atoms with Crippen LogP contribution < -0.4 is 5.73 Å². The van der Waals surface area contributed by atoms with E-state index in [4.69, 9.17) is 5.73 Å². The second kappa shape index (κ2) is 6.48. The van der Waals surface area contributed by atoms with Crippen LogP contribution in [0.4, 0.5) is 5.69 Å². The summed E-state index contributed by atoms with van der Waals surface area (Å²) in [6.45, 7) is 3.79. The van der Waals surface area contributed by atoms with E-state index in [0.717, 1.165) is 38.6 Å². The van der Waals surface area contributed by atoms with Gasteiger partial charge < -0.3 is 10.6 Å². The molecule has 1 aromatic carbocycles. The second-order valence-electron chi connectivity index (χ2n) is 6.21. The average Bonchev–Trinajstić information content (AvgIpc) is 2.92. The third-order valence-electron chi connectivity index (χ3n) is 4.85. The number of hydrogen-bond acceptors (Lipinski definition) is 3. The zero-order chi connectivity index (χ0) is 14.7. The van der Waals surface area contributed by atoms with Crippen LogP contribution in [-0.4, -0.2) is 47.9 Å². The van der Waals surface area contributed by atoms with E-state index in [1.807, 2.05) is 23.1 Å². The van der Waals surface area contributed by atoms with Crippen molar-refractivity contribution in [1.29, 1.82) is 0 Å². The van der Waals surface area contributed by atoms with Gasteiger partial charge in [-0.05, 0) is 31.4 Å². The molecular formula is C17H25N3O. The lowest BCUT2D eigenvalue weighted by Crippen LogP contribution is -2.38. The number of nitrogens with two attached hydrogens (primary N) is 1. The number of anilines is 1. The first-order valence-electron chi connectivity index (χ1n) is 8.13. The zero-order valence-corrected chi connectivity index (χ0v) is 12.6. The lowest BCUT2D eigenvalue weighted by molar-refractivity contribution is 0.0759. The molecule has 114 valence electrons. The number of hydrogen-bond donors (Lipinski definition) is 1. The van der Waals surface area contributed by atoms with Crippen molar-refractivity contribution in [1.82, 2.24) is 9.80 Å². The number of benzene rings is 1. The molecule has 2 fully saturated rings. The Balaban J connectivity index is 1.64. The van der Waals surface area contributed by atoms with Crippen LogP contribution in [0.5, 0.6) is 0 Å². The van der Waals surface area contributed by atoms with Crippen LogP contribution in [0.25, 0.3) is 0 Å². The number of nitrogen functional groups attached to an aromatic ring is 1. The number of para-hydroxylation sites is 1. The van der Waals surface area contributed by atoms with Crippen LogP contribution >= 0.6 is 0 Å². The fourth-order valence-corrected chi connectivity index (χ4v) is 3.64. The van der Waals surface area contributed by atoms with E-state index in [1.54, 1.807) is 6.07 Å². The number of nitrogens with zero attached hydrogens (tertiary/aromatic N) is 2. The summed E-state index contributed by atoms with van der Waals surface area (Å²) in [5.74, 6) is 0.0846. The van der Waals surface area contributed by atoms with Gasteiger partial charge in [0.2, 0.25) is 0 Å². The highest BCUT2D eigenvalue weighted by Gasteiger charge is 2.26. The summed E-state index contributed by atoms with van der Waals surface area (Å²) in [4.78, 5) is 17.2. The maximum atomic E-state index is 12.6. The smallest absolute Gasteiger partial charge is 0.255 e. The first-order valence-corrected chi connectivity index (χ1v) is 8.13. The van der Waals surface area contributed by atoms with Gasteiger partial charge in [-0.1, -0.05) is 25.0 Å². The molecular weight excluding hydrogens is 262 g/mol. The van der Waals surface area contributed by atoms with E-state index >= 15 is 0 Å². The molecule has 4 nitrogen and oxygen atoms in total. The topological polar surface area (TPSA) is 49.6 Å². The lowest BCUT2D eigenvalue weighted by Gasteiger charge is -2.27. The van der Waals surface area contributed by atoms with E-state index in [-0.39, 0.29) is 5.91 Å². The number of amides is 1. The van der Waals surface area contributed by atoms with Crippen LogP contribution in [0.2, 0.25) is 0 Å². The Kier molecular flexibility index (Phi) is 4.44. The van der Waals surface area contributed by atoms with Gasteiger partial charge in [0.1, 0.15) is 0 Å². The molecule has 3 rings (SSSR count). The minimum atomic E-state index is 0.0846. The van der Waals surface area contributed by atoms with Crippen molar-refractivity contribution in [2.75, 3.05) is 31.9 Å². The first-order chi connectivity index (χ1) is 10.3. The molecule has 1 aliphatic carbocycles. The van der Waals surface area contributed by atoms with Crippen LogP contribution in [0.3, 0.4) is 0 Å². The molecule has 2 aliphatic rings. The molecule has 1 saturated heterocycles. The molecule has 0 spiro atoms. The van der Waals surface area contributed by atoms with Gasteiger partial charge in [-0.3, -0.25) is 9.69 Å². The fourth-order valence-electron chi connectivity index (χ4n) is 3.64. The monoisotopic (exact) mass is 287 g/mol. The number of carbonyl (C=O) groups excluding carboxylic acids is 1. The highest BCUT2D eigenvalue weighted by molar-refractivity contribution is 5.99. The van der Waals surface area contributed by atoms with Gasteiger partial charge in [0.25, 0.3) is 5.91 Å². The molecule has 0 radical (unpaired) electrons. The van der Waals surface area contributed by atoms with E-state index in [0.29, 0.717) is 11.3 Å². The van der Waals surface area contributed by atoms with Crippen LogP contribution in [-0.2, 0) is 0 Å². The van der Waals surface area contributed by atoms with Crippen LogP contribution in [0.1, 0.15) is 42.5 Å². The van der Waals surface area contributed by atoms with E-state index < -0.39 is 0 Å². The van der Waals surface area contributed by atoms with Crippen molar-refractivity contribution in [3.63, 3.8) is 0 Å². The van der Waals surface area contributed by atoms with Crippen molar-refractivity contribution >= 4 is 11.6 Å². The molecule has 2 N–H and O–H groups in total. The summed E-state index contributed by atoms with van der Waals surface area (Å²) in [7, 11) is 0. The Hall–Kier alpha value is -1.55. The zero-order valence-electron chi connectivity index (χ0n) is 12.6. The van der Waals surface area contributed by atoms with Crippen molar-refractivity contribution in [2.45, 2.75) is 38.1 Å². The van der Waals surface area contributed by atoms with Gasteiger partial charge in [-0.2, -0.15) is 0 Å². The Labute approximate surface area is 126 Å². The van der Waals surface area contributed by atoms with Gasteiger partial charge >= 0.3 is 0 Å². The molecule has 1 aliphatic heterocycles. The predicted molar refractivity (Wildman–Crippen MR) is 85.2 cm³/mol. The Bertz CT molecular complexity index is 497. The van der Waals surface area contributed by atoms with E-state index in [9.17, 15) is 4.79 Å². The standard InChI is InChI=1S/C17H25N3O/c18-16-9-4-3-8-15(16)17(21)20-11-5-10-19(12-13-20)14-6-1-2-7-14/h3-4,8-9,14H,1-2,5-7,10-13,18H2. The third kappa shape index (κ3) is 3.21. The molecule has 1 amide bonds. The van der Waals surface area contributed by atoms with Gasteiger partial charge in [0, 0.05) is 37.9 Å². The van der Waals surface area contributed by atoms with Crippen molar-refractivity contribution in [2.24, 2.45) is 0 Å². The second-order valence-corrected chi connectivity index (χ2v) is 6.21. The molecule has 0 aromatic heterocycles. The maximum Gasteiger partial charge on any atom is 0.255 e. The van der Waals surface area contributed by atoms with Crippen molar-refractivity contribution in [3.05, 3.63) is 29.8 Å². The van der Waals surface area contributed by atoms with E-state index in [2.05, 4.69) is 4.90 Å². The highest BCUT2D eigenvalue weighted by Crippen LogP contribution is 2.24. The Morgan fingerprint density at radius 1 is 1.00 bits per heavy atom. The molecule has 1 saturated carbocycles. The predicted octanol–water partition coefficient (Wildman–Crippen LogP) is 2.36. The minimum Gasteiger partial charge on any atom is -0.398 e. The van der Waals surface area contributed by atoms with Gasteiger partial charge in [0.15, 0.2) is 0 Å². The third-order valence-corrected chi connectivity index (χ3v) is 4.85. The minimum absolute atomic E-state index is 0.0846. The molecule has 21 heavy (non-hydrogen) atoms. The number of carbonyl (C=O) groups is 1. The molecule has 0 atom stereocenters. The molecule has 0 unspecified atom stereocenters. The lowest BCUT2D eigenvalue weighted by atomic mass is 10.1. The van der Waals surface area contributed by atoms with Crippen molar-refractivity contribution in [3.8, 4) is 0 Å². The highest BCUT2D eigenvalue weighted by atomic mass is 16.2. The van der Waals surface area contributed by atoms with Gasteiger partial charge in [-0.25, -0.2) is 0 Å². The van der Waals surface area contributed by atoms with Crippen LogP contribution in [0, 0.1) is 0 Å². The molecule has 0 bridgehead atoms. The summed E-state index contributed by atoms with van der Waals surface area (Å²) in [6.07, 6.45) is 6.46. The quantitative estimate of drug-likeness (QED) is 0.850. The van der Waals surface area contributed by atoms with Gasteiger partial charge in [0.05, 0.1) is 5.56 Å². The Morgan fingerprint density at radius 2 is 1.76 bits per heavy atom. The molecule has 1 heterocycles. The largest absolute Gasteiger partial charge is 0.398 e. The summed E-state index contributed by atoms with van der Waals surface area (Å²) in [5, 5.41) is 0. The van der Waals surface area contributed by atoms with E-state index in [1.165, 1.54) is 25.7 Å². The molecule has 1 aromatic rings. The fraction of sp³-hybridized carbons (Fsp3) is 0.588. The average molecular weight is 287 g/mol.